The average Bonchev–Trinajstić information content (AvgIpc) is 2.92. The average molecular weight is 401 g/mol. The lowest BCUT2D eigenvalue weighted by Gasteiger charge is -2.58. The molecule has 3 saturated carbocycles. The van der Waals surface area contributed by atoms with Gasteiger partial charge in [-0.3, -0.25) is 0 Å². The molecule has 0 radical (unpaired) electrons. The van der Waals surface area contributed by atoms with Gasteiger partial charge < -0.3 is 10.2 Å². The molecule has 29 heavy (non-hydrogen) atoms. The Bertz CT molecular complexity index is 674. The highest BCUT2D eigenvalue weighted by molar-refractivity contribution is 5.25. The minimum atomic E-state index is -0.128. The Balaban J connectivity index is 1.55. The second-order valence-electron chi connectivity index (χ2n) is 11.9. The fraction of sp³-hybridized carbons (Fsp3) is 0.852. The van der Waals surface area contributed by atoms with Gasteiger partial charge in [-0.1, -0.05) is 44.1 Å². The van der Waals surface area contributed by atoms with Crippen LogP contribution in [0.3, 0.4) is 0 Å². The third-order valence-electron chi connectivity index (χ3n) is 9.97. The van der Waals surface area contributed by atoms with E-state index >= 15 is 0 Å². The molecule has 4 rings (SSSR count). The van der Waals surface area contributed by atoms with Gasteiger partial charge in [0.1, 0.15) is 0 Å². The molecule has 4 aliphatic rings. The lowest BCUT2D eigenvalue weighted by molar-refractivity contribution is -0.0617. The van der Waals surface area contributed by atoms with Crippen molar-refractivity contribution in [3.63, 3.8) is 0 Å². The van der Waals surface area contributed by atoms with Gasteiger partial charge in [-0.2, -0.15) is 0 Å². The summed E-state index contributed by atoms with van der Waals surface area (Å²) in [6, 6.07) is 0. The standard InChI is InChI=1S/C27H44O2/c1-17(2)7-6-8-18(3)25-24(29)16-23-21-10-9-19-15-20(28)11-13-26(19,4)22(21)12-14-27(23,25)5/h7,9,18,20-25,28-29H,6,8,10-16H2,1-5H3/t18-,20?,21-,22+,23+,24-,25+,26+,27+/m1/s1. The fourth-order valence-corrected chi connectivity index (χ4v) is 8.54. The van der Waals surface area contributed by atoms with E-state index in [2.05, 4.69) is 46.8 Å². The van der Waals surface area contributed by atoms with E-state index < -0.39 is 0 Å². The topological polar surface area (TPSA) is 40.5 Å². The van der Waals surface area contributed by atoms with Crippen molar-refractivity contribution in [2.45, 2.75) is 105 Å². The van der Waals surface area contributed by atoms with Crippen LogP contribution in [0.2, 0.25) is 0 Å². The van der Waals surface area contributed by atoms with Gasteiger partial charge in [0.2, 0.25) is 0 Å². The van der Waals surface area contributed by atoms with Crippen LogP contribution >= 0.6 is 0 Å². The minimum absolute atomic E-state index is 0.126. The Morgan fingerprint density at radius 3 is 2.66 bits per heavy atom. The molecule has 0 aliphatic heterocycles. The Morgan fingerprint density at radius 2 is 1.93 bits per heavy atom. The van der Waals surface area contributed by atoms with E-state index in [9.17, 15) is 10.2 Å². The lowest BCUT2D eigenvalue weighted by Crippen LogP contribution is -2.51. The van der Waals surface area contributed by atoms with Crippen molar-refractivity contribution in [3.05, 3.63) is 23.3 Å². The van der Waals surface area contributed by atoms with Crippen LogP contribution < -0.4 is 0 Å². The normalized spacial score (nSPS) is 47.5. The van der Waals surface area contributed by atoms with Crippen LogP contribution in [0.15, 0.2) is 23.3 Å². The summed E-state index contributed by atoms with van der Waals surface area (Å²) in [4.78, 5) is 0. The molecule has 0 aromatic rings. The summed E-state index contributed by atoms with van der Waals surface area (Å²) >= 11 is 0. The van der Waals surface area contributed by atoms with Gasteiger partial charge in [0.25, 0.3) is 0 Å². The first kappa shape index (κ1) is 21.6. The van der Waals surface area contributed by atoms with Gasteiger partial charge in [0.15, 0.2) is 0 Å². The van der Waals surface area contributed by atoms with Crippen molar-refractivity contribution in [2.75, 3.05) is 0 Å². The van der Waals surface area contributed by atoms with E-state index in [1.165, 1.54) is 31.3 Å². The van der Waals surface area contributed by atoms with E-state index in [-0.39, 0.29) is 12.2 Å². The smallest absolute Gasteiger partial charge is 0.0579 e. The predicted octanol–water partition coefficient (Wildman–Crippen LogP) is 6.28. The molecule has 164 valence electrons. The number of hydrogen-bond donors (Lipinski definition) is 2. The Kier molecular flexibility index (Phi) is 5.84. The molecule has 0 aromatic heterocycles. The monoisotopic (exact) mass is 400 g/mol. The number of aliphatic hydroxyl groups is 2. The van der Waals surface area contributed by atoms with Crippen molar-refractivity contribution >= 4 is 0 Å². The molecule has 4 aliphatic carbocycles. The van der Waals surface area contributed by atoms with Crippen LogP contribution in [0.25, 0.3) is 0 Å². The minimum Gasteiger partial charge on any atom is -0.393 e. The van der Waals surface area contributed by atoms with Crippen LogP contribution in [-0.4, -0.2) is 22.4 Å². The maximum Gasteiger partial charge on any atom is 0.0579 e. The molecule has 0 amide bonds. The van der Waals surface area contributed by atoms with E-state index in [4.69, 9.17) is 0 Å². The van der Waals surface area contributed by atoms with Gasteiger partial charge in [-0.15, -0.1) is 0 Å². The second kappa shape index (κ2) is 7.83. The molecule has 2 nitrogen and oxygen atoms in total. The molecule has 3 fully saturated rings. The summed E-state index contributed by atoms with van der Waals surface area (Å²) < 4.78 is 0. The van der Waals surface area contributed by atoms with Gasteiger partial charge in [0, 0.05) is 0 Å². The summed E-state index contributed by atoms with van der Waals surface area (Å²) in [6.07, 6.45) is 14.7. The molecule has 2 N–H and O–H groups in total. The molecule has 0 spiro atoms. The first-order valence-electron chi connectivity index (χ1n) is 12.4. The molecule has 0 heterocycles. The van der Waals surface area contributed by atoms with Gasteiger partial charge in [-0.05, 0) is 112 Å². The lowest BCUT2D eigenvalue weighted by atomic mass is 9.47. The number of fused-ring (bicyclic) bond motifs is 5. The predicted molar refractivity (Wildman–Crippen MR) is 120 cm³/mol. The van der Waals surface area contributed by atoms with Crippen molar-refractivity contribution in [3.8, 4) is 0 Å². The van der Waals surface area contributed by atoms with Crippen molar-refractivity contribution in [2.24, 2.45) is 40.4 Å². The first-order chi connectivity index (χ1) is 13.7. The quantitative estimate of drug-likeness (QED) is 0.545. The highest BCUT2D eigenvalue weighted by atomic mass is 16.3. The summed E-state index contributed by atoms with van der Waals surface area (Å²) in [5.74, 6) is 3.17. The zero-order chi connectivity index (χ0) is 21.0. The van der Waals surface area contributed by atoms with Crippen molar-refractivity contribution < 1.29 is 10.2 Å². The van der Waals surface area contributed by atoms with Crippen molar-refractivity contribution in [1.82, 2.24) is 0 Å². The number of rotatable bonds is 4. The van der Waals surface area contributed by atoms with Crippen molar-refractivity contribution in [1.29, 1.82) is 0 Å². The molecule has 9 atom stereocenters. The number of allylic oxidation sites excluding steroid dienone is 3. The summed E-state index contributed by atoms with van der Waals surface area (Å²) in [5, 5.41) is 21.4. The van der Waals surface area contributed by atoms with Gasteiger partial charge in [0.05, 0.1) is 12.2 Å². The number of hydrogen-bond acceptors (Lipinski definition) is 2. The van der Waals surface area contributed by atoms with Crippen LogP contribution in [0, 0.1) is 40.4 Å². The molecular weight excluding hydrogens is 356 g/mol. The Labute approximate surface area is 178 Å². The Hall–Kier alpha value is -0.600. The number of aliphatic hydroxyl groups excluding tert-OH is 2. The van der Waals surface area contributed by atoms with Gasteiger partial charge >= 0.3 is 0 Å². The van der Waals surface area contributed by atoms with Crippen LogP contribution in [0.5, 0.6) is 0 Å². The van der Waals surface area contributed by atoms with Crippen LogP contribution in [0.4, 0.5) is 0 Å². The fourth-order valence-electron chi connectivity index (χ4n) is 8.54. The molecule has 0 saturated heterocycles. The maximum atomic E-state index is 11.2. The molecule has 0 bridgehead atoms. The zero-order valence-electron chi connectivity index (χ0n) is 19.5. The largest absolute Gasteiger partial charge is 0.393 e. The highest BCUT2D eigenvalue weighted by Gasteiger charge is 2.61. The van der Waals surface area contributed by atoms with E-state index in [0.717, 1.165) is 43.9 Å². The summed E-state index contributed by atoms with van der Waals surface area (Å²) in [7, 11) is 0. The molecular formula is C27H44O2. The van der Waals surface area contributed by atoms with Crippen LogP contribution in [0.1, 0.15) is 92.4 Å². The van der Waals surface area contributed by atoms with E-state index in [1.807, 2.05) is 0 Å². The highest BCUT2D eigenvalue weighted by Crippen LogP contribution is 2.67. The van der Waals surface area contributed by atoms with E-state index in [1.54, 1.807) is 5.57 Å². The third kappa shape index (κ3) is 3.57. The Morgan fingerprint density at radius 1 is 1.17 bits per heavy atom. The maximum absolute atomic E-state index is 11.2. The molecule has 1 unspecified atom stereocenters. The molecule has 0 aromatic carbocycles. The first-order valence-corrected chi connectivity index (χ1v) is 12.4. The summed E-state index contributed by atoms with van der Waals surface area (Å²) in [5.41, 5.74) is 3.54. The summed E-state index contributed by atoms with van der Waals surface area (Å²) in [6.45, 7) is 11.8. The van der Waals surface area contributed by atoms with Gasteiger partial charge in [-0.25, -0.2) is 0 Å². The van der Waals surface area contributed by atoms with E-state index in [0.29, 0.717) is 28.6 Å². The SMILES string of the molecule is CC(C)=CCC[C@@H](C)[C@H]1[C@H](O)C[C@H]2[C@@H]3CC=C4CC(O)CC[C@]4(C)[C@H]3CC[C@]12C. The van der Waals surface area contributed by atoms with Crippen LogP contribution in [-0.2, 0) is 0 Å². The molecule has 2 heteroatoms. The zero-order valence-corrected chi connectivity index (χ0v) is 19.5. The second-order valence-corrected chi connectivity index (χ2v) is 11.9. The third-order valence-corrected chi connectivity index (χ3v) is 9.97.